The van der Waals surface area contributed by atoms with Crippen molar-refractivity contribution < 1.29 is 8.42 Å². The summed E-state index contributed by atoms with van der Waals surface area (Å²) in [5.41, 5.74) is 3.26. The molecule has 0 aromatic carbocycles. The summed E-state index contributed by atoms with van der Waals surface area (Å²) in [5, 5.41) is 8.27. The summed E-state index contributed by atoms with van der Waals surface area (Å²) in [6.45, 7) is 6.19. The molecule has 1 atom stereocenters. The predicted molar refractivity (Wildman–Crippen MR) is 103 cm³/mol. The van der Waals surface area contributed by atoms with Gasteiger partial charge in [0, 0.05) is 18.9 Å². The Morgan fingerprint density at radius 1 is 1.31 bits per heavy atom. The predicted octanol–water partition coefficient (Wildman–Crippen LogP) is 3.24. The molecule has 0 bridgehead atoms. The molecule has 0 saturated heterocycles. The van der Waals surface area contributed by atoms with Gasteiger partial charge in [0.2, 0.25) is 10.0 Å². The van der Waals surface area contributed by atoms with Crippen LogP contribution < -0.4 is 4.72 Å². The maximum atomic E-state index is 13.0. The zero-order valence-electron chi connectivity index (χ0n) is 15.0. The van der Waals surface area contributed by atoms with Crippen molar-refractivity contribution in [2.45, 2.75) is 44.7 Å². The first kappa shape index (κ1) is 18.8. The molecule has 3 aromatic rings. The third-order valence-electron chi connectivity index (χ3n) is 4.21. The van der Waals surface area contributed by atoms with Crippen LogP contribution in [0.3, 0.4) is 0 Å². The van der Waals surface area contributed by atoms with E-state index in [1.54, 1.807) is 35.3 Å². The Balaban J connectivity index is 1.96. The molecule has 26 heavy (non-hydrogen) atoms. The highest BCUT2D eigenvalue weighted by atomic mass is 32.2. The van der Waals surface area contributed by atoms with Gasteiger partial charge in [-0.15, -0.1) is 0 Å². The number of thiophene rings is 1. The fourth-order valence-corrected chi connectivity index (χ4v) is 4.95. The average molecular weight is 391 g/mol. The molecule has 138 valence electrons. The van der Waals surface area contributed by atoms with Crippen molar-refractivity contribution in [3.63, 3.8) is 0 Å². The molecule has 0 spiro atoms. The summed E-state index contributed by atoms with van der Waals surface area (Å²) in [6, 6.07) is 5.35. The number of nitrogens with one attached hydrogen (secondary N) is 1. The number of hydrogen-bond acceptors (Lipinski definition) is 5. The van der Waals surface area contributed by atoms with Crippen molar-refractivity contribution in [3.8, 4) is 0 Å². The van der Waals surface area contributed by atoms with Crippen molar-refractivity contribution in [2.75, 3.05) is 0 Å². The van der Waals surface area contributed by atoms with E-state index in [9.17, 15) is 8.42 Å². The Hall–Kier alpha value is -2.03. The van der Waals surface area contributed by atoms with Crippen LogP contribution in [0.15, 0.2) is 46.2 Å². The van der Waals surface area contributed by atoms with Crippen molar-refractivity contribution in [1.82, 2.24) is 19.5 Å². The smallest absolute Gasteiger partial charge is 0.244 e. The van der Waals surface area contributed by atoms with E-state index in [1.807, 2.05) is 42.8 Å². The highest BCUT2D eigenvalue weighted by molar-refractivity contribution is 7.89. The van der Waals surface area contributed by atoms with E-state index in [-0.39, 0.29) is 4.90 Å². The van der Waals surface area contributed by atoms with Crippen LogP contribution in [0.1, 0.15) is 35.5 Å². The summed E-state index contributed by atoms with van der Waals surface area (Å²) in [4.78, 5) is 4.65. The Morgan fingerprint density at radius 2 is 2.12 bits per heavy atom. The Morgan fingerprint density at radius 3 is 2.73 bits per heavy atom. The van der Waals surface area contributed by atoms with Gasteiger partial charge >= 0.3 is 0 Å². The lowest BCUT2D eigenvalue weighted by Crippen LogP contribution is -2.31. The first-order valence-electron chi connectivity index (χ1n) is 8.39. The van der Waals surface area contributed by atoms with Crippen LogP contribution in [0, 0.1) is 13.8 Å². The van der Waals surface area contributed by atoms with Crippen LogP contribution >= 0.6 is 11.3 Å². The minimum Gasteiger partial charge on any atom is -0.271 e. The zero-order chi connectivity index (χ0) is 18.7. The molecule has 1 unspecified atom stereocenters. The highest BCUT2D eigenvalue weighted by Gasteiger charge is 2.26. The van der Waals surface area contributed by atoms with Gasteiger partial charge < -0.3 is 0 Å². The van der Waals surface area contributed by atoms with Gasteiger partial charge in [0.25, 0.3) is 0 Å². The molecule has 0 amide bonds. The summed E-state index contributed by atoms with van der Waals surface area (Å²) < 4.78 is 30.5. The first-order chi connectivity index (χ1) is 12.4. The van der Waals surface area contributed by atoms with Gasteiger partial charge in [-0.05, 0) is 61.2 Å². The molecular formula is C18H22N4O2S2. The number of nitrogens with zero attached hydrogens (tertiary/aromatic N) is 3. The van der Waals surface area contributed by atoms with Gasteiger partial charge in [-0.3, -0.25) is 9.67 Å². The lowest BCUT2D eigenvalue weighted by atomic mass is 10.0. The lowest BCUT2D eigenvalue weighted by Gasteiger charge is -2.19. The maximum Gasteiger partial charge on any atom is 0.244 e. The normalized spacial score (nSPS) is 13.0. The molecular weight excluding hydrogens is 368 g/mol. The summed E-state index contributed by atoms with van der Waals surface area (Å²) in [5.74, 6) is 0. The average Bonchev–Trinajstić information content (AvgIpc) is 3.24. The van der Waals surface area contributed by atoms with Crippen molar-refractivity contribution in [3.05, 3.63) is 63.9 Å². The van der Waals surface area contributed by atoms with Gasteiger partial charge in [0.1, 0.15) is 4.90 Å². The molecule has 0 radical (unpaired) electrons. The van der Waals surface area contributed by atoms with Crippen LogP contribution in [0.25, 0.3) is 0 Å². The van der Waals surface area contributed by atoms with Crippen molar-refractivity contribution in [1.29, 1.82) is 0 Å². The lowest BCUT2D eigenvalue weighted by molar-refractivity contribution is 0.548. The number of pyridine rings is 1. The maximum absolute atomic E-state index is 13.0. The molecule has 3 heterocycles. The third kappa shape index (κ3) is 4.03. The Kier molecular flexibility index (Phi) is 5.55. The summed E-state index contributed by atoms with van der Waals surface area (Å²) >= 11 is 1.59. The topological polar surface area (TPSA) is 76.9 Å². The van der Waals surface area contributed by atoms with E-state index in [0.29, 0.717) is 18.7 Å². The summed E-state index contributed by atoms with van der Waals surface area (Å²) in [7, 11) is -3.72. The summed E-state index contributed by atoms with van der Waals surface area (Å²) in [6.07, 6.45) is 3.81. The van der Waals surface area contributed by atoms with E-state index < -0.39 is 16.1 Å². The number of aryl methyl sites for hydroxylation is 3. The van der Waals surface area contributed by atoms with Crippen LogP contribution in [0.4, 0.5) is 0 Å². The quantitative estimate of drug-likeness (QED) is 0.672. The van der Waals surface area contributed by atoms with E-state index in [2.05, 4.69) is 14.8 Å². The number of hydrogen-bond donors (Lipinski definition) is 1. The van der Waals surface area contributed by atoms with Gasteiger partial charge in [0.05, 0.1) is 17.4 Å². The first-order valence-corrected chi connectivity index (χ1v) is 10.8. The molecule has 3 rings (SSSR count). The van der Waals surface area contributed by atoms with Crippen LogP contribution in [0.5, 0.6) is 0 Å². The second kappa shape index (κ2) is 7.69. The third-order valence-corrected chi connectivity index (χ3v) is 6.52. The highest BCUT2D eigenvalue weighted by Crippen LogP contribution is 2.24. The molecule has 6 nitrogen and oxygen atoms in total. The Bertz CT molecular complexity index is 979. The van der Waals surface area contributed by atoms with Crippen LogP contribution in [0.2, 0.25) is 0 Å². The van der Waals surface area contributed by atoms with Gasteiger partial charge in [-0.1, -0.05) is 6.07 Å². The fraction of sp³-hybridized carbons (Fsp3) is 0.333. The van der Waals surface area contributed by atoms with E-state index >= 15 is 0 Å². The van der Waals surface area contributed by atoms with Crippen molar-refractivity contribution >= 4 is 21.4 Å². The number of rotatable bonds is 7. The van der Waals surface area contributed by atoms with Crippen LogP contribution in [-0.4, -0.2) is 23.2 Å². The number of aromatic nitrogens is 3. The standard InChI is InChI=1S/C18H22N4O2S2/c1-4-22-11-17(14(3)20-22)26(23,24)21-16(10-15-7-9-25-12-15)18-13(2)6-5-8-19-18/h5-9,11-12,16,21H,4,10H2,1-3H3. The van der Waals surface area contributed by atoms with E-state index in [4.69, 9.17) is 0 Å². The SMILES string of the molecule is CCn1cc(S(=O)(=O)NC(Cc2ccsc2)c2ncccc2C)c(C)n1. The van der Waals surface area contributed by atoms with Gasteiger partial charge in [-0.25, -0.2) is 13.1 Å². The molecule has 1 N–H and O–H groups in total. The van der Waals surface area contributed by atoms with Gasteiger partial charge in [0.15, 0.2) is 0 Å². The molecule has 0 aliphatic rings. The molecule has 0 aliphatic carbocycles. The molecule has 0 saturated carbocycles. The minimum absolute atomic E-state index is 0.211. The molecule has 8 heteroatoms. The monoisotopic (exact) mass is 390 g/mol. The fourth-order valence-electron chi connectivity index (χ4n) is 2.88. The second-order valence-electron chi connectivity index (χ2n) is 6.15. The second-order valence-corrected chi connectivity index (χ2v) is 8.61. The van der Waals surface area contributed by atoms with Gasteiger partial charge in [-0.2, -0.15) is 16.4 Å². The van der Waals surface area contributed by atoms with Crippen LogP contribution in [-0.2, 0) is 23.0 Å². The van der Waals surface area contributed by atoms with E-state index in [0.717, 1.165) is 16.8 Å². The number of sulfonamides is 1. The van der Waals surface area contributed by atoms with E-state index in [1.165, 1.54) is 0 Å². The Labute approximate surface area is 158 Å². The molecule has 0 aliphatic heterocycles. The molecule has 0 fully saturated rings. The zero-order valence-corrected chi connectivity index (χ0v) is 16.6. The molecule has 3 aromatic heterocycles. The largest absolute Gasteiger partial charge is 0.271 e. The van der Waals surface area contributed by atoms with Crippen molar-refractivity contribution in [2.24, 2.45) is 0 Å². The minimum atomic E-state index is -3.72.